The van der Waals surface area contributed by atoms with Crippen molar-refractivity contribution in [1.29, 1.82) is 0 Å². The van der Waals surface area contributed by atoms with Crippen LogP contribution < -0.4 is 5.32 Å². The van der Waals surface area contributed by atoms with Crippen molar-refractivity contribution in [3.63, 3.8) is 0 Å². The summed E-state index contributed by atoms with van der Waals surface area (Å²) in [7, 11) is 0. The van der Waals surface area contributed by atoms with E-state index in [4.69, 9.17) is 4.74 Å². The van der Waals surface area contributed by atoms with Crippen molar-refractivity contribution < 1.29 is 4.74 Å². The first-order valence-electron chi connectivity index (χ1n) is 6.23. The topological polar surface area (TPSA) is 21.3 Å². The van der Waals surface area contributed by atoms with E-state index >= 15 is 0 Å². The van der Waals surface area contributed by atoms with Crippen LogP contribution in [-0.4, -0.2) is 19.2 Å². The lowest BCUT2D eigenvalue weighted by Gasteiger charge is -2.31. The molecule has 2 unspecified atom stereocenters. The Morgan fingerprint density at radius 3 is 2.88 bits per heavy atom. The molecule has 1 saturated heterocycles. The van der Waals surface area contributed by atoms with Crippen LogP contribution in [0.3, 0.4) is 0 Å². The van der Waals surface area contributed by atoms with Crippen LogP contribution in [0, 0.1) is 6.92 Å². The summed E-state index contributed by atoms with van der Waals surface area (Å²) >= 11 is 0. The number of nitrogens with one attached hydrogen (secondary N) is 1. The van der Waals surface area contributed by atoms with Crippen LogP contribution in [0.2, 0.25) is 0 Å². The van der Waals surface area contributed by atoms with Crippen LogP contribution in [0.5, 0.6) is 0 Å². The van der Waals surface area contributed by atoms with Crippen molar-refractivity contribution in [3.05, 3.63) is 35.4 Å². The Morgan fingerprint density at radius 2 is 2.12 bits per heavy atom. The number of hydrogen-bond donors (Lipinski definition) is 1. The lowest BCUT2D eigenvalue weighted by atomic mass is 10.0. The third-order valence-electron chi connectivity index (χ3n) is 3.20. The zero-order valence-electron chi connectivity index (χ0n) is 10.2. The minimum Gasteiger partial charge on any atom is -0.368 e. The van der Waals surface area contributed by atoms with Crippen molar-refractivity contribution in [2.75, 3.05) is 13.1 Å². The zero-order chi connectivity index (χ0) is 11.4. The fourth-order valence-corrected chi connectivity index (χ4v) is 2.33. The number of hydrogen-bond acceptors (Lipinski definition) is 2. The SMILES string of the molecule is CCCC1CNCC(c2ccccc2C)O1. The van der Waals surface area contributed by atoms with Crippen LogP contribution in [0.25, 0.3) is 0 Å². The summed E-state index contributed by atoms with van der Waals surface area (Å²) in [4.78, 5) is 0. The summed E-state index contributed by atoms with van der Waals surface area (Å²) in [5.41, 5.74) is 2.65. The van der Waals surface area contributed by atoms with Crippen molar-refractivity contribution >= 4 is 0 Å². The van der Waals surface area contributed by atoms with Gasteiger partial charge in [0.2, 0.25) is 0 Å². The minimum atomic E-state index is 0.228. The highest BCUT2D eigenvalue weighted by atomic mass is 16.5. The van der Waals surface area contributed by atoms with E-state index in [1.165, 1.54) is 17.5 Å². The molecule has 1 fully saturated rings. The fraction of sp³-hybridized carbons (Fsp3) is 0.571. The molecule has 0 spiro atoms. The predicted molar refractivity (Wildman–Crippen MR) is 66.6 cm³/mol. The first kappa shape index (κ1) is 11.6. The number of morpholine rings is 1. The van der Waals surface area contributed by atoms with Gasteiger partial charge in [-0.1, -0.05) is 37.6 Å². The maximum atomic E-state index is 6.13. The molecule has 0 aromatic heterocycles. The van der Waals surface area contributed by atoms with Gasteiger partial charge in [0.15, 0.2) is 0 Å². The lowest BCUT2D eigenvalue weighted by molar-refractivity contribution is -0.0427. The van der Waals surface area contributed by atoms with Crippen LogP contribution in [-0.2, 0) is 4.74 Å². The summed E-state index contributed by atoms with van der Waals surface area (Å²) in [6.45, 7) is 6.30. The van der Waals surface area contributed by atoms with Crippen molar-refractivity contribution in [2.45, 2.75) is 38.9 Å². The van der Waals surface area contributed by atoms with E-state index in [1.54, 1.807) is 0 Å². The highest BCUT2D eigenvalue weighted by Crippen LogP contribution is 2.25. The maximum Gasteiger partial charge on any atom is 0.0956 e. The van der Waals surface area contributed by atoms with Crippen molar-refractivity contribution in [2.24, 2.45) is 0 Å². The second kappa shape index (κ2) is 5.46. The molecule has 2 rings (SSSR count). The molecule has 2 atom stereocenters. The molecule has 0 amide bonds. The summed E-state index contributed by atoms with van der Waals surface area (Å²) in [6.07, 6.45) is 2.94. The average molecular weight is 219 g/mol. The van der Waals surface area contributed by atoms with Crippen LogP contribution in [0.15, 0.2) is 24.3 Å². The Labute approximate surface area is 98.0 Å². The van der Waals surface area contributed by atoms with Gasteiger partial charge in [0, 0.05) is 13.1 Å². The molecule has 88 valence electrons. The van der Waals surface area contributed by atoms with E-state index in [0.29, 0.717) is 6.10 Å². The standard InChI is InChI=1S/C14H21NO/c1-3-6-12-9-15-10-14(16-12)13-8-5-4-7-11(13)2/h4-5,7-8,12,14-15H,3,6,9-10H2,1-2H3. The highest BCUT2D eigenvalue weighted by molar-refractivity contribution is 5.28. The van der Waals surface area contributed by atoms with Gasteiger partial charge in [-0.05, 0) is 24.5 Å². The predicted octanol–water partition coefficient (Wildman–Crippen LogP) is 2.82. The summed E-state index contributed by atoms with van der Waals surface area (Å²) in [6, 6.07) is 8.51. The Bertz CT molecular complexity index is 335. The zero-order valence-corrected chi connectivity index (χ0v) is 10.2. The van der Waals surface area contributed by atoms with Gasteiger partial charge in [-0.3, -0.25) is 0 Å². The van der Waals surface area contributed by atoms with Gasteiger partial charge in [0.05, 0.1) is 12.2 Å². The molecule has 16 heavy (non-hydrogen) atoms. The Hall–Kier alpha value is -0.860. The first-order chi connectivity index (χ1) is 7.81. The van der Waals surface area contributed by atoms with Crippen LogP contribution in [0.4, 0.5) is 0 Å². The molecular weight excluding hydrogens is 198 g/mol. The second-order valence-corrected chi connectivity index (χ2v) is 4.55. The van der Waals surface area contributed by atoms with E-state index in [0.717, 1.165) is 19.5 Å². The third-order valence-corrected chi connectivity index (χ3v) is 3.20. The molecule has 0 radical (unpaired) electrons. The number of aryl methyl sites for hydroxylation is 1. The highest BCUT2D eigenvalue weighted by Gasteiger charge is 2.23. The van der Waals surface area contributed by atoms with Gasteiger partial charge in [0.1, 0.15) is 0 Å². The molecular formula is C14H21NO. The molecule has 1 aromatic rings. The molecule has 2 heteroatoms. The quantitative estimate of drug-likeness (QED) is 0.844. The summed E-state index contributed by atoms with van der Waals surface area (Å²) in [5, 5.41) is 3.47. The van der Waals surface area contributed by atoms with Gasteiger partial charge in [-0.15, -0.1) is 0 Å². The second-order valence-electron chi connectivity index (χ2n) is 4.55. The molecule has 1 N–H and O–H groups in total. The molecule has 1 heterocycles. The largest absolute Gasteiger partial charge is 0.368 e. The molecule has 1 aliphatic heterocycles. The maximum absolute atomic E-state index is 6.13. The molecule has 0 bridgehead atoms. The molecule has 2 nitrogen and oxygen atoms in total. The number of benzene rings is 1. The smallest absolute Gasteiger partial charge is 0.0956 e. The van der Waals surface area contributed by atoms with Gasteiger partial charge in [0.25, 0.3) is 0 Å². The first-order valence-corrected chi connectivity index (χ1v) is 6.23. The Kier molecular flexibility index (Phi) is 3.97. The van der Waals surface area contributed by atoms with Crippen LogP contribution in [0.1, 0.15) is 37.0 Å². The molecule has 0 aliphatic carbocycles. The van der Waals surface area contributed by atoms with E-state index in [-0.39, 0.29) is 6.10 Å². The van der Waals surface area contributed by atoms with Crippen molar-refractivity contribution in [3.8, 4) is 0 Å². The van der Waals surface area contributed by atoms with Gasteiger partial charge in [-0.25, -0.2) is 0 Å². The lowest BCUT2D eigenvalue weighted by Crippen LogP contribution is -2.40. The fourth-order valence-electron chi connectivity index (χ4n) is 2.33. The van der Waals surface area contributed by atoms with Gasteiger partial charge < -0.3 is 10.1 Å². The number of rotatable bonds is 3. The van der Waals surface area contributed by atoms with Gasteiger partial charge in [-0.2, -0.15) is 0 Å². The monoisotopic (exact) mass is 219 g/mol. The van der Waals surface area contributed by atoms with E-state index < -0.39 is 0 Å². The normalized spacial score (nSPS) is 25.6. The number of ether oxygens (including phenoxy) is 1. The van der Waals surface area contributed by atoms with Crippen LogP contribution >= 0.6 is 0 Å². The van der Waals surface area contributed by atoms with E-state index in [1.807, 2.05) is 0 Å². The third kappa shape index (κ3) is 2.63. The summed E-state index contributed by atoms with van der Waals surface area (Å²) < 4.78 is 6.13. The Balaban J connectivity index is 2.07. The average Bonchev–Trinajstić information content (AvgIpc) is 2.30. The molecule has 0 saturated carbocycles. The minimum absolute atomic E-state index is 0.228. The van der Waals surface area contributed by atoms with Crippen molar-refractivity contribution in [1.82, 2.24) is 5.32 Å². The van der Waals surface area contributed by atoms with E-state index in [2.05, 4.69) is 43.4 Å². The Morgan fingerprint density at radius 1 is 1.31 bits per heavy atom. The summed E-state index contributed by atoms with van der Waals surface area (Å²) in [5.74, 6) is 0. The molecule has 1 aliphatic rings. The van der Waals surface area contributed by atoms with E-state index in [9.17, 15) is 0 Å². The molecule has 1 aromatic carbocycles. The van der Waals surface area contributed by atoms with Gasteiger partial charge >= 0.3 is 0 Å².